The number of thiophene rings is 1. The minimum atomic E-state index is -3.33. The lowest BCUT2D eigenvalue weighted by Gasteiger charge is -2.21. The van der Waals surface area contributed by atoms with Crippen molar-refractivity contribution in [3.05, 3.63) is 39.5 Å². The fourth-order valence-electron chi connectivity index (χ4n) is 1.94. The number of halogens is 1. The summed E-state index contributed by atoms with van der Waals surface area (Å²) in [5, 5.41) is 0. The first kappa shape index (κ1) is 15.2. The minimum absolute atomic E-state index is 0.158. The van der Waals surface area contributed by atoms with E-state index >= 15 is 0 Å². The minimum Gasteiger partial charge on any atom is -0.396 e. The predicted octanol–water partition coefficient (Wildman–Crippen LogP) is 3.02. The van der Waals surface area contributed by atoms with Gasteiger partial charge in [0.25, 0.3) is 0 Å². The summed E-state index contributed by atoms with van der Waals surface area (Å²) in [6.07, 6.45) is 1.15. The third-order valence-corrected chi connectivity index (χ3v) is 5.25. The number of sulfone groups is 1. The first-order chi connectivity index (χ1) is 9.29. The standard InChI is InChI=1S/C13H15ClN2O2S2/c1-16(8-9-6-7-12(14)19-9)10-4-3-5-11(13(10)15)20(2,17)18/h3-7H,8,15H2,1-2H3. The molecule has 0 radical (unpaired) electrons. The Morgan fingerprint density at radius 2 is 2.00 bits per heavy atom. The number of anilines is 2. The maximum Gasteiger partial charge on any atom is 0.177 e. The lowest BCUT2D eigenvalue weighted by atomic mass is 10.2. The van der Waals surface area contributed by atoms with Gasteiger partial charge in [-0.15, -0.1) is 11.3 Å². The molecular weight excluding hydrogens is 316 g/mol. The Hall–Kier alpha value is -1.24. The van der Waals surface area contributed by atoms with Gasteiger partial charge in [0.2, 0.25) is 0 Å². The van der Waals surface area contributed by atoms with Crippen molar-refractivity contribution in [3.8, 4) is 0 Å². The number of rotatable bonds is 4. The second kappa shape index (κ2) is 5.63. The van der Waals surface area contributed by atoms with Crippen LogP contribution in [0.5, 0.6) is 0 Å². The fourth-order valence-corrected chi connectivity index (χ4v) is 3.92. The average molecular weight is 331 g/mol. The van der Waals surface area contributed by atoms with Crippen LogP contribution in [-0.2, 0) is 16.4 Å². The third kappa shape index (κ3) is 3.26. The second-order valence-corrected chi connectivity index (χ2v) is 8.31. The van der Waals surface area contributed by atoms with Crippen LogP contribution in [0.25, 0.3) is 0 Å². The molecule has 0 aliphatic heterocycles. The first-order valence-corrected chi connectivity index (χ1v) is 8.91. The van der Waals surface area contributed by atoms with Gasteiger partial charge >= 0.3 is 0 Å². The fraction of sp³-hybridized carbons (Fsp3) is 0.231. The lowest BCUT2D eigenvalue weighted by Crippen LogP contribution is -2.18. The van der Waals surface area contributed by atoms with Crippen LogP contribution >= 0.6 is 22.9 Å². The zero-order valence-corrected chi connectivity index (χ0v) is 13.5. The highest BCUT2D eigenvalue weighted by Gasteiger charge is 2.16. The maximum atomic E-state index is 11.7. The molecule has 0 bridgehead atoms. The molecule has 0 atom stereocenters. The Balaban J connectivity index is 2.33. The summed E-state index contributed by atoms with van der Waals surface area (Å²) in [4.78, 5) is 3.15. The summed E-state index contributed by atoms with van der Waals surface area (Å²) in [7, 11) is -1.46. The highest BCUT2D eigenvalue weighted by molar-refractivity contribution is 7.90. The molecule has 1 heterocycles. The molecule has 2 N–H and O–H groups in total. The Bertz CT molecular complexity index is 726. The van der Waals surface area contributed by atoms with Gasteiger partial charge in [0.1, 0.15) is 0 Å². The van der Waals surface area contributed by atoms with Crippen LogP contribution in [0, 0.1) is 0 Å². The molecule has 2 rings (SSSR count). The smallest absolute Gasteiger partial charge is 0.177 e. The summed E-state index contributed by atoms with van der Waals surface area (Å²) < 4.78 is 24.1. The van der Waals surface area contributed by atoms with Crippen molar-refractivity contribution >= 4 is 44.1 Å². The molecule has 0 aliphatic rings. The molecule has 0 saturated carbocycles. The molecule has 0 amide bonds. The van der Waals surface area contributed by atoms with Crippen LogP contribution in [0.15, 0.2) is 35.2 Å². The molecule has 0 spiro atoms. The quantitative estimate of drug-likeness (QED) is 0.875. The summed E-state index contributed by atoms with van der Waals surface area (Å²) in [5.74, 6) is 0. The number of hydrogen-bond acceptors (Lipinski definition) is 5. The Labute approximate surface area is 127 Å². The Kier molecular flexibility index (Phi) is 4.27. The summed E-state index contributed by atoms with van der Waals surface area (Å²) in [5.41, 5.74) is 6.96. The molecule has 20 heavy (non-hydrogen) atoms. The second-order valence-electron chi connectivity index (χ2n) is 4.52. The molecule has 0 fully saturated rings. The van der Waals surface area contributed by atoms with Gasteiger partial charge in [-0.2, -0.15) is 0 Å². The SMILES string of the molecule is CN(Cc1ccc(Cl)s1)c1cccc(S(C)(=O)=O)c1N. The van der Waals surface area contributed by atoms with Gasteiger partial charge in [-0.1, -0.05) is 17.7 Å². The summed E-state index contributed by atoms with van der Waals surface area (Å²) in [6, 6.07) is 8.80. The number of hydrogen-bond donors (Lipinski definition) is 1. The summed E-state index contributed by atoms with van der Waals surface area (Å²) in [6.45, 7) is 0.620. The molecule has 0 unspecified atom stereocenters. The van der Waals surface area contributed by atoms with Gasteiger partial charge in [0.05, 0.1) is 27.2 Å². The van der Waals surface area contributed by atoms with Crippen molar-refractivity contribution in [1.29, 1.82) is 0 Å². The van der Waals surface area contributed by atoms with Crippen molar-refractivity contribution in [2.75, 3.05) is 23.9 Å². The average Bonchev–Trinajstić information content (AvgIpc) is 2.73. The van der Waals surface area contributed by atoms with E-state index in [1.807, 2.05) is 24.1 Å². The van der Waals surface area contributed by atoms with Gasteiger partial charge in [-0.3, -0.25) is 0 Å². The van der Waals surface area contributed by atoms with Crippen LogP contribution in [0.3, 0.4) is 0 Å². The van der Waals surface area contributed by atoms with E-state index in [2.05, 4.69) is 0 Å². The largest absolute Gasteiger partial charge is 0.396 e. The first-order valence-electron chi connectivity index (χ1n) is 5.83. The maximum absolute atomic E-state index is 11.7. The number of nitrogen functional groups attached to an aromatic ring is 1. The van der Waals surface area contributed by atoms with Crippen molar-refractivity contribution < 1.29 is 8.42 Å². The Morgan fingerprint density at radius 1 is 1.30 bits per heavy atom. The number of benzene rings is 1. The highest BCUT2D eigenvalue weighted by atomic mass is 35.5. The molecule has 1 aromatic carbocycles. The summed E-state index contributed by atoms with van der Waals surface area (Å²) >= 11 is 7.39. The van der Waals surface area contributed by atoms with E-state index in [1.165, 1.54) is 17.4 Å². The zero-order valence-electron chi connectivity index (χ0n) is 11.1. The third-order valence-electron chi connectivity index (χ3n) is 2.88. The van der Waals surface area contributed by atoms with Crippen LogP contribution in [0.4, 0.5) is 11.4 Å². The monoisotopic (exact) mass is 330 g/mol. The number of para-hydroxylation sites is 1. The number of nitrogens with two attached hydrogens (primary N) is 1. The van der Waals surface area contributed by atoms with E-state index in [1.54, 1.807) is 12.1 Å². The van der Waals surface area contributed by atoms with E-state index in [0.717, 1.165) is 15.5 Å². The van der Waals surface area contributed by atoms with E-state index in [0.29, 0.717) is 12.2 Å². The van der Waals surface area contributed by atoms with Crippen molar-refractivity contribution in [2.24, 2.45) is 0 Å². The van der Waals surface area contributed by atoms with Gasteiger partial charge in [-0.25, -0.2) is 8.42 Å². The van der Waals surface area contributed by atoms with Crippen molar-refractivity contribution in [1.82, 2.24) is 0 Å². The molecule has 0 aliphatic carbocycles. The van der Waals surface area contributed by atoms with Crippen LogP contribution in [-0.4, -0.2) is 21.7 Å². The van der Waals surface area contributed by atoms with Crippen LogP contribution < -0.4 is 10.6 Å². The molecule has 2 aromatic rings. The molecule has 0 saturated heterocycles. The van der Waals surface area contributed by atoms with E-state index in [9.17, 15) is 8.42 Å². The normalized spacial score (nSPS) is 11.6. The molecule has 1 aromatic heterocycles. The Morgan fingerprint density at radius 3 is 2.55 bits per heavy atom. The van der Waals surface area contributed by atoms with Gasteiger partial charge in [0.15, 0.2) is 9.84 Å². The lowest BCUT2D eigenvalue weighted by molar-refractivity contribution is 0.602. The van der Waals surface area contributed by atoms with E-state index in [4.69, 9.17) is 17.3 Å². The molecule has 4 nitrogen and oxygen atoms in total. The van der Waals surface area contributed by atoms with Crippen LogP contribution in [0.1, 0.15) is 4.88 Å². The van der Waals surface area contributed by atoms with E-state index in [-0.39, 0.29) is 10.6 Å². The highest BCUT2D eigenvalue weighted by Crippen LogP contribution is 2.31. The molecule has 7 heteroatoms. The predicted molar refractivity (Wildman–Crippen MR) is 85.4 cm³/mol. The van der Waals surface area contributed by atoms with Gasteiger partial charge in [0, 0.05) is 18.2 Å². The van der Waals surface area contributed by atoms with Crippen molar-refractivity contribution in [2.45, 2.75) is 11.4 Å². The molecular formula is C13H15ClN2O2S2. The zero-order chi connectivity index (χ0) is 14.9. The van der Waals surface area contributed by atoms with Gasteiger partial charge < -0.3 is 10.6 Å². The topological polar surface area (TPSA) is 63.4 Å². The van der Waals surface area contributed by atoms with Crippen LogP contribution in [0.2, 0.25) is 4.34 Å². The van der Waals surface area contributed by atoms with Gasteiger partial charge in [-0.05, 0) is 24.3 Å². The van der Waals surface area contributed by atoms with E-state index < -0.39 is 9.84 Å². The number of nitrogens with zero attached hydrogens (tertiary/aromatic N) is 1. The molecule has 108 valence electrons. The van der Waals surface area contributed by atoms with Crippen molar-refractivity contribution in [3.63, 3.8) is 0 Å².